The Labute approximate surface area is 118 Å². The van der Waals surface area contributed by atoms with Crippen LogP contribution >= 0.6 is 0 Å². The van der Waals surface area contributed by atoms with E-state index < -0.39 is 0 Å². The van der Waals surface area contributed by atoms with Crippen molar-refractivity contribution >= 4 is 0 Å². The van der Waals surface area contributed by atoms with Gasteiger partial charge in [-0.3, -0.25) is 0 Å². The van der Waals surface area contributed by atoms with Gasteiger partial charge in [-0.25, -0.2) is 0 Å². The normalized spacial score (nSPS) is 17.3. The topological polar surface area (TPSA) is 0 Å². The van der Waals surface area contributed by atoms with Crippen LogP contribution in [-0.4, -0.2) is 0 Å². The van der Waals surface area contributed by atoms with Gasteiger partial charge in [0.25, 0.3) is 0 Å². The summed E-state index contributed by atoms with van der Waals surface area (Å²) in [5.41, 5.74) is 10.3. The molecule has 0 N–H and O–H groups in total. The highest BCUT2D eigenvalue weighted by atomic mass is 14.4. The van der Waals surface area contributed by atoms with Gasteiger partial charge in [-0.05, 0) is 45.4 Å². The van der Waals surface area contributed by atoms with Crippen LogP contribution in [0.1, 0.15) is 22.6 Å². The molecule has 0 aromatic heterocycles. The van der Waals surface area contributed by atoms with Crippen molar-refractivity contribution in [3.8, 4) is 22.3 Å². The minimum Gasteiger partial charge on any atom is -0.0620 e. The Morgan fingerprint density at radius 1 is 0.600 bits per heavy atom. The second-order valence-electron chi connectivity index (χ2n) is 5.77. The third-order valence-electron chi connectivity index (χ3n) is 4.81. The van der Waals surface area contributed by atoms with Crippen LogP contribution in [0.3, 0.4) is 0 Å². The van der Waals surface area contributed by atoms with E-state index >= 15 is 0 Å². The number of hydrogen-bond acceptors (Lipinski definition) is 0. The van der Waals surface area contributed by atoms with Crippen LogP contribution in [0.25, 0.3) is 22.3 Å². The second kappa shape index (κ2) is 3.61. The predicted octanol–water partition coefficient (Wildman–Crippen LogP) is 5.02. The summed E-state index contributed by atoms with van der Waals surface area (Å²) in [6.45, 7) is 0. The summed E-state index contributed by atoms with van der Waals surface area (Å²) >= 11 is 0. The predicted molar refractivity (Wildman–Crippen MR) is 82.9 cm³/mol. The van der Waals surface area contributed by atoms with Crippen molar-refractivity contribution in [2.75, 3.05) is 0 Å². The molecule has 0 aliphatic heterocycles. The molecule has 2 aliphatic rings. The Morgan fingerprint density at radius 2 is 1.25 bits per heavy atom. The largest absolute Gasteiger partial charge is 0.0620 e. The van der Waals surface area contributed by atoms with Crippen molar-refractivity contribution in [1.29, 1.82) is 0 Å². The van der Waals surface area contributed by atoms with Gasteiger partial charge >= 0.3 is 0 Å². The lowest BCUT2D eigenvalue weighted by molar-refractivity contribution is 0.815. The van der Waals surface area contributed by atoms with Gasteiger partial charge in [0.15, 0.2) is 0 Å². The Balaban J connectivity index is 1.91. The molecular formula is C20H14. The van der Waals surface area contributed by atoms with Gasteiger partial charge in [-0.1, -0.05) is 66.7 Å². The van der Waals surface area contributed by atoms with Gasteiger partial charge in [-0.2, -0.15) is 0 Å². The third-order valence-corrected chi connectivity index (χ3v) is 4.81. The molecule has 1 unspecified atom stereocenters. The van der Waals surface area contributed by atoms with Crippen LogP contribution in [-0.2, 0) is 6.42 Å². The lowest BCUT2D eigenvalue weighted by Crippen LogP contribution is -2.09. The van der Waals surface area contributed by atoms with Crippen LogP contribution < -0.4 is 0 Å². The second-order valence-corrected chi connectivity index (χ2v) is 5.77. The summed E-state index contributed by atoms with van der Waals surface area (Å²) in [6.07, 6.45) is 1.14. The van der Waals surface area contributed by atoms with Gasteiger partial charge in [0, 0.05) is 5.92 Å². The van der Waals surface area contributed by atoms with Gasteiger partial charge in [0.05, 0.1) is 0 Å². The lowest BCUT2D eigenvalue weighted by atomic mass is 9.78. The fraction of sp³-hybridized carbons (Fsp3) is 0.100. The molecule has 1 atom stereocenters. The highest BCUT2D eigenvalue weighted by Crippen LogP contribution is 2.53. The summed E-state index contributed by atoms with van der Waals surface area (Å²) in [5.74, 6) is 0.548. The molecule has 0 fully saturated rings. The maximum Gasteiger partial charge on any atom is 0.0148 e. The van der Waals surface area contributed by atoms with E-state index in [2.05, 4.69) is 66.7 Å². The number of fused-ring (bicyclic) bond motifs is 5. The minimum atomic E-state index is 0.548. The van der Waals surface area contributed by atoms with E-state index in [0.29, 0.717) is 5.92 Å². The molecule has 0 bridgehead atoms. The van der Waals surface area contributed by atoms with E-state index in [-0.39, 0.29) is 0 Å². The van der Waals surface area contributed by atoms with Crippen molar-refractivity contribution in [3.63, 3.8) is 0 Å². The van der Waals surface area contributed by atoms with Crippen LogP contribution in [0.2, 0.25) is 0 Å². The molecule has 0 amide bonds. The highest BCUT2D eigenvalue weighted by molar-refractivity contribution is 5.89. The molecule has 3 aromatic carbocycles. The fourth-order valence-corrected chi connectivity index (χ4v) is 4.00. The van der Waals surface area contributed by atoms with E-state index in [4.69, 9.17) is 0 Å². The van der Waals surface area contributed by atoms with E-state index in [9.17, 15) is 0 Å². The first kappa shape index (κ1) is 10.4. The summed E-state index contributed by atoms with van der Waals surface area (Å²) < 4.78 is 0. The molecule has 0 nitrogen and oxygen atoms in total. The molecule has 94 valence electrons. The maximum atomic E-state index is 2.30. The summed E-state index contributed by atoms with van der Waals surface area (Å²) in [5, 5.41) is 0. The first-order chi connectivity index (χ1) is 9.93. The fourth-order valence-electron chi connectivity index (χ4n) is 4.00. The van der Waals surface area contributed by atoms with Crippen LogP contribution in [0, 0.1) is 0 Å². The zero-order valence-corrected chi connectivity index (χ0v) is 11.1. The molecule has 0 heteroatoms. The standard InChI is InChI=1S/C20H14/c1-2-7-14-13(6-1)12-19-16-9-4-3-8-15(16)18-11-5-10-17(14)20(18)19/h1-11,19H,12H2. The Kier molecular flexibility index (Phi) is 1.88. The maximum absolute atomic E-state index is 2.30. The zero-order chi connectivity index (χ0) is 13.1. The van der Waals surface area contributed by atoms with E-state index in [1.54, 1.807) is 5.56 Å². The molecule has 5 rings (SSSR count). The first-order valence-corrected chi connectivity index (χ1v) is 7.24. The minimum absolute atomic E-state index is 0.548. The number of rotatable bonds is 0. The van der Waals surface area contributed by atoms with Crippen molar-refractivity contribution in [2.24, 2.45) is 0 Å². The van der Waals surface area contributed by atoms with Crippen molar-refractivity contribution in [2.45, 2.75) is 12.3 Å². The molecule has 0 heterocycles. The van der Waals surface area contributed by atoms with E-state index in [1.165, 1.54) is 33.4 Å². The average Bonchev–Trinajstić information content (AvgIpc) is 2.84. The molecular weight excluding hydrogens is 240 g/mol. The summed E-state index contributed by atoms with van der Waals surface area (Å²) in [4.78, 5) is 0. The SMILES string of the molecule is c1ccc2c(c1)CC1c3ccccc3-c3cccc-2c31. The summed E-state index contributed by atoms with van der Waals surface area (Å²) in [6, 6.07) is 24.5. The van der Waals surface area contributed by atoms with Crippen LogP contribution in [0.4, 0.5) is 0 Å². The highest BCUT2D eigenvalue weighted by Gasteiger charge is 2.34. The Morgan fingerprint density at radius 3 is 2.15 bits per heavy atom. The van der Waals surface area contributed by atoms with Crippen LogP contribution in [0.15, 0.2) is 66.7 Å². The first-order valence-electron chi connectivity index (χ1n) is 7.24. The molecule has 3 aromatic rings. The molecule has 0 saturated heterocycles. The molecule has 2 aliphatic carbocycles. The Bertz CT molecular complexity index is 836. The van der Waals surface area contributed by atoms with Crippen molar-refractivity contribution in [1.82, 2.24) is 0 Å². The van der Waals surface area contributed by atoms with Crippen molar-refractivity contribution < 1.29 is 0 Å². The third kappa shape index (κ3) is 1.17. The van der Waals surface area contributed by atoms with Gasteiger partial charge < -0.3 is 0 Å². The average molecular weight is 254 g/mol. The van der Waals surface area contributed by atoms with Gasteiger partial charge in [-0.15, -0.1) is 0 Å². The number of benzene rings is 3. The molecule has 20 heavy (non-hydrogen) atoms. The smallest absolute Gasteiger partial charge is 0.0148 e. The number of hydrogen-bond donors (Lipinski definition) is 0. The summed E-state index contributed by atoms with van der Waals surface area (Å²) in [7, 11) is 0. The van der Waals surface area contributed by atoms with Crippen LogP contribution in [0.5, 0.6) is 0 Å². The molecule has 0 spiro atoms. The quantitative estimate of drug-likeness (QED) is 0.528. The zero-order valence-electron chi connectivity index (χ0n) is 11.1. The van der Waals surface area contributed by atoms with Gasteiger partial charge in [0.2, 0.25) is 0 Å². The Hall–Kier alpha value is -2.34. The van der Waals surface area contributed by atoms with E-state index in [0.717, 1.165) is 6.42 Å². The molecule has 0 saturated carbocycles. The van der Waals surface area contributed by atoms with Gasteiger partial charge in [0.1, 0.15) is 0 Å². The monoisotopic (exact) mass is 254 g/mol. The molecule has 0 radical (unpaired) electrons. The van der Waals surface area contributed by atoms with E-state index in [1.807, 2.05) is 0 Å². The lowest BCUT2D eigenvalue weighted by Gasteiger charge is -2.25. The van der Waals surface area contributed by atoms with Crippen molar-refractivity contribution in [3.05, 3.63) is 83.4 Å².